The Balaban J connectivity index is 1.56. The number of carboxylic acid groups (broad SMARTS) is 1. The Labute approximate surface area is 277 Å². The summed E-state index contributed by atoms with van der Waals surface area (Å²) >= 11 is 0. The van der Waals surface area contributed by atoms with Gasteiger partial charge in [0.25, 0.3) is 0 Å². The molecule has 2 aromatic rings. The van der Waals surface area contributed by atoms with Crippen molar-refractivity contribution in [2.24, 2.45) is 16.8 Å². The number of nitrogens with zero attached hydrogens (tertiary/aromatic N) is 1. The van der Waals surface area contributed by atoms with Crippen LogP contribution in [-0.2, 0) is 20.7 Å². The van der Waals surface area contributed by atoms with Gasteiger partial charge in [0.15, 0.2) is 5.78 Å². The van der Waals surface area contributed by atoms with Gasteiger partial charge in [-0.05, 0) is 87.4 Å². The number of carbonyl (C=O) groups excluding carboxylic acids is 1. The SMILES string of the molecule is CCCCCCOC(C)c1c2[nH]c(c1C)/C=C1\NC(=C3CC(=O)C4=C(C)C(/C=c5\[nH]c(c(C)c5CC)=C2)N=C34)[C@@H](CCC(=O)O)[C@@H]1C. The third kappa shape index (κ3) is 6.01. The highest BCUT2D eigenvalue weighted by Gasteiger charge is 2.43. The molecular formula is C39H50N4O4. The molecule has 5 heterocycles. The quantitative estimate of drug-likeness (QED) is 0.218. The van der Waals surface area contributed by atoms with Crippen molar-refractivity contribution < 1.29 is 19.4 Å². The number of ketones is 1. The molecule has 8 nitrogen and oxygen atoms in total. The van der Waals surface area contributed by atoms with E-state index in [4.69, 9.17) is 9.73 Å². The van der Waals surface area contributed by atoms with Crippen LogP contribution < -0.4 is 16.0 Å². The predicted octanol–water partition coefficient (Wildman–Crippen LogP) is 6.23. The molecule has 1 aliphatic carbocycles. The molecule has 4 atom stereocenters. The van der Waals surface area contributed by atoms with Crippen LogP contribution in [0.2, 0.25) is 0 Å². The number of unbranched alkanes of at least 4 members (excludes halogenated alkanes) is 3. The molecule has 8 heteroatoms. The van der Waals surface area contributed by atoms with Crippen molar-refractivity contribution in [2.75, 3.05) is 6.61 Å². The molecule has 4 N–H and O–H groups in total. The van der Waals surface area contributed by atoms with E-state index in [1.54, 1.807) is 0 Å². The van der Waals surface area contributed by atoms with Crippen molar-refractivity contribution in [1.82, 2.24) is 15.3 Å². The second kappa shape index (κ2) is 13.3. The van der Waals surface area contributed by atoms with Crippen molar-refractivity contribution >= 4 is 35.7 Å². The van der Waals surface area contributed by atoms with Gasteiger partial charge in [0.2, 0.25) is 0 Å². The molecule has 0 radical (unpaired) electrons. The van der Waals surface area contributed by atoms with Crippen LogP contribution in [0.25, 0.3) is 18.2 Å². The van der Waals surface area contributed by atoms with E-state index in [-0.39, 0.29) is 42.6 Å². The molecule has 1 saturated carbocycles. The van der Waals surface area contributed by atoms with E-state index >= 15 is 0 Å². The average molecular weight is 639 g/mol. The first-order valence-corrected chi connectivity index (χ1v) is 17.5. The molecule has 4 aliphatic rings. The molecule has 47 heavy (non-hydrogen) atoms. The zero-order chi connectivity index (χ0) is 33.6. The zero-order valence-corrected chi connectivity index (χ0v) is 29.0. The van der Waals surface area contributed by atoms with Crippen molar-refractivity contribution in [3.63, 3.8) is 0 Å². The van der Waals surface area contributed by atoms with Crippen LogP contribution in [0.4, 0.5) is 0 Å². The Morgan fingerprint density at radius 1 is 1.06 bits per heavy atom. The van der Waals surface area contributed by atoms with Crippen LogP contribution >= 0.6 is 0 Å². The first-order valence-electron chi connectivity index (χ1n) is 17.5. The number of carbonyl (C=O) groups is 2. The summed E-state index contributed by atoms with van der Waals surface area (Å²) < 4.78 is 6.45. The number of Topliss-reactive ketones (excluding diaryl/α,β-unsaturated/α-hetero) is 1. The molecule has 250 valence electrons. The number of ether oxygens (including phenoxy) is 1. The summed E-state index contributed by atoms with van der Waals surface area (Å²) in [7, 11) is 0. The lowest BCUT2D eigenvalue weighted by atomic mass is 9.86. The van der Waals surface area contributed by atoms with Gasteiger partial charge in [0, 0.05) is 81.5 Å². The molecule has 0 aromatic carbocycles. The van der Waals surface area contributed by atoms with E-state index < -0.39 is 5.97 Å². The van der Waals surface area contributed by atoms with Crippen molar-refractivity contribution in [3.05, 3.63) is 72.5 Å². The van der Waals surface area contributed by atoms with Gasteiger partial charge in [-0.3, -0.25) is 14.6 Å². The van der Waals surface area contributed by atoms with Gasteiger partial charge in [-0.1, -0.05) is 40.0 Å². The van der Waals surface area contributed by atoms with Crippen LogP contribution in [0, 0.1) is 25.7 Å². The zero-order valence-electron chi connectivity index (χ0n) is 29.0. The maximum Gasteiger partial charge on any atom is 0.303 e. The van der Waals surface area contributed by atoms with Crippen LogP contribution in [0.1, 0.15) is 119 Å². The van der Waals surface area contributed by atoms with E-state index in [1.807, 2.05) is 6.92 Å². The van der Waals surface area contributed by atoms with E-state index in [2.05, 4.69) is 75.1 Å². The summed E-state index contributed by atoms with van der Waals surface area (Å²) in [5, 5.41) is 15.4. The van der Waals surface area contributed by atoms with Crippen LogP contribution in [-0.4, -0.2) is 45.2 Å². The molecule has 2 aromatic heterocycles. The third-order valence-corrected chi connectivity index (χ3v) is 10.8. The Morgan fingerprint density at radius 3 is 2.57 bits per heavy atom. The van der Waals surface area contributed by atoms with Gasteiger partial charge in [-0.15, -0.1) is 0 Å². The number of aromatic nitrogens is 2. The first kappa shape index (κ1) is 33.0. The van der Waals surface area contributed by atoms with Gasteiger partial charge >= 0.3 is 5.97 Å². The maximum absolute atomic E-state index is 13.5. The molecule has 3 aliphatic heterocycles. The van der Waals surface area contributed by atoms with Crippen molar-refractivity contribution in [2.45, 2.75) is 112 Å². The molecular weight excluding hydrogens is 588 g/mol. The molecule has 6 rings (SSSR count). The predicted molar refractivity (Wildman–Crippen MR) is 187 cm³/mol. The van der Waals surface area contributed by atoms with Gasteiger partial charge in [-0.25, -0.2) is 0 Å². The number of aromatic amines is 2. The number of aliphatic imine (C=N–C) groups is 1. The summed E-state index contributed by atoms with van der Waals surface area (Å²) in [5.74, 6) is -0.751. The number of hydrogen-bond donors (Lipinski definition) is 4. The van der Waals surface area contributed by atoms with E-state index in [9.17, 15) is 14.7 Å². The minimum absolute atomic E-state index is 0.0341. The summed E-state index contributed by atoms with van der Waals surface area (Å²) in [6, 6.07) is -0.244. The number of aliphatic carboxylic acids is 1. The number of fused-ring (bicyclic) bond motifs is 7. The van der Waals surface area contributed by atoms with E-state index in [1.165, 1.54) is 30.4 Å². The number of rotatable bonds is 11. The molecule has 0 amide bonds. The van der Waals surface area contributed by atoms with E-state index in [0.29, 0.717) is 6.42 Å². The number of allylic oxidation sites excluding steroid dienone is 4. The smallest absolute Gasteiger partial charge is 0.303 e. The monoisotopic (exact) mass is 638 g/mol. The Kier molecular flexibility index (Phi) is 9.34. The molecule has 2 fully saturated rings. The molecule has 8 bridgehead atoms. The summed E-state index contributed by atoms with van der Waals surface area (Å²) in [6.45, 7) is 15.8. The van der Waals surface area contributed by atoms with Gasteiger partial charge in [-0.2, -0.15) is 0 Å². The van der Waals surface area contributed by atoms with Crippen LogP contribution in [0.3, 0.4) is 0 Å². The Hall–Kier alpha value is -3.91. The highest BCUT2D eigenvalue weighted by molar-refractivity contribution is 6.37. The number of H-pyrrole nitrogens is 2. The normalized spacial score (nSPS) is 24.1. The fraction of sp³-hybridized carbons (Fsp3) is 0.513. The molecule has 2 unspecified atom stereocenters. The fourth-order valence-corrected chi connectivity index (χ4v) is 8.09. The van der Waals surface area contributed by atoms with Gasteiger partial charge < -0.3 is 25.1 Å². The Morgan fingerprint density at radius 2 is 1.85 bits per heavy atom. The minimum Gasteiger partial charge on any atom is -0.481 e. The second-order valence-electron chi connectivity index (χ2n) is 13.8. The molecule has 0 spiro atoms. The van der Waals surface area contributed by atoms with Crippen LogP contribution in [0.5, 0.6) is 0 Å². The second-order valence-corrected chi connectivity index (χ2v) is 13.8. The fourth-order valence-electron chi connectivity index (χ4n) is 8.09. The summed E-state index contributed by atoms with van der Waals surface area (Å²) in [4.78, 5) is 37.9. The van der Waals surface area contributed by atoms with Crippen molar-refractivity contribution in [1.29, 1.82) is 0 Å². The standard InChI is InChI=1S/C39H50N4O4/c1-8-10-11-12-15-47-24(7)36-22(5)30-17-29-21(4)26(13-14-35(45)46)38(42-29)27-16-34(44)37-23(6)31(43-39(27)37)18-32-25(9-2)20(3)28(40-32)19-33(36)41-30/h17-19,21,24,26,31,40-42H,8-16H2,1-7H3,(H,45,46)/b28-19?,29-17-,32-18-,38-27?/t21-,24?,26-,31?/m0/s1. The number of carboxylic acids is 1. The van der Waals surface area contributed by atoms with Gasteiger partial charge in [0.05, 0.1) is 17.9 Å². The first-order chi connectivity index (χ1) is 22.5. The summed E-state index contributed by atoms with van der Waals surface area (Å²) in [5.41, 5.74) is 12.1. The maximum atomic E-state index is 13.5. The lowest BCUT2D eigenvalue weighted by Crippen LogP contribution is -2.17. The average Bonchev–Trinajstić information content (AvgIpc) is 3.78. The Bertz CT molecular complexity index is 1860. The molecule has 1 saturated heterocycles. The van der Waals surface area contributed by atoms with Gasteiger partial charge in [0.1, 0.15) is 0 Å². The highest BCUT2D eigenvalue weighted by atomic mass is 16.5. The van der Waals surface area contributed by atoms with Crippen molar-refractivity contribution in [3.8, 4) is 0 Å². The van der Waals surface area contributed by atoms with Crippen LogP contribution in [0.15, 0.2) is 33.1 Å². The topological polar surface area (TPSA) is 120 Å². The number of hydrogen-bond acceptors (Lipinski definition) is 5. The highest BCUT2D eigenvalue weighted by Crippen LogP contribution is 2.44. The lowest BCUT2D eigenvalue weighted by Gasteiger charge is -2.16. The summed E-state index contributed by atoms with van der Waals surface area (Å²) in [6.07, 6.45) is 12.8. The number of nitrogens with one attached hydrogen (secondary N) is 3. The minimum atomic E-state index is -0.815. The largest absolute Gasteiger partial charge is 0.481 e. The lowest BCUT2D eigenvalue weighted by molar-refractivity contribution is -0.137. The third-order valence-electron chi connectivity index (χ3n) is 10.8. The van der Waals surface area contributed by atoms with E-state index in [0.717, 1.165) is 86.5 Å².